The summed E-state index contributed by atoms with van der Waals surface area (Å²) in [6.45, 7) is 9.99. The Morgan fingerprint density at radius 2 is 1.94 bits per heavy atom. The van der Waals surface area contributed by atoms with Gasteiger partial charge in [-0.25, -0.2) is 0 Å². The molecule has 0 radical (unpaired) electrons. The van der Waals surface area contributed by atoms with Crippen LogP contribution in [0, 0.1) is 13.8 Å². The molecule has 1 aromatic rings. The van der Waals surface area contributed by atoms with Crippen molar-refractivity contribution in [3.8, 4) is 0 Å². The smallest absolute Gasteiger partial charge is 0.0236 e. The summed E-state index contributed by atoms with van der Waals surface area (Å²) in [6.07, 6.45) is 1.22. The number of nitrogens with zero attached hydrogens (tertiary/aromatic N) is 1. The molecule has 0 N–H and O–H groups in total. The van der Waals surface area contributed by atoms with Gasteiger partial charge in [-0.05, 0) is 37.9 Å². The van der Waals surface area contributed by atoms with Crippen molar-refractivity contribution in [2.75, 3.05) is 18.4 Å². The van der Waals surface area contributed by atoms with E-state index in [2.05, 4.69) is 59.8 Å². The van der Waals surface area contributed by atoms with Crippen molar-refractivity contribution in [3.05, 3.63) is 34.9 Å². The Morgan fingerprint density at radius 1 is 1.19 bits per heavy atom. The maximum Gasteiger partial charge on any atom is 0.0236 e. The molecule has 0 unspecified atom stereocenters. The molecule has 0 bridgehead atoms. The van der Waals surface area contributed by atoms with Crippen LogP contribution in [-0.4, -0.2) is 23.3 Å². The Balaban J connectivity index is 2.71. The largest absolute Gasteiger partial charge is 0.298 e. The van der Waals surface area contributed by atoms with Gasteiger partial charge >= 0.3 is 0 Å². The Bertz CT molecular complexity index is 317. The number of hydrogen-bond donors (Lipinski definition) is 0. The first-order valence-electron chi connectivity index (χ1n) is 6.01. The molecule has 0 saturated carbocycles. The first-order valence-corrected chi connectivity index (χ1v) is 7.14. The number of halogens is 1. The maximum absolute atomic E-state index is 3.52. The number of rotatable bonds is 6. The summed E-state index contributed by atoms with van der Waals surface area (Å²) in [7, 11) is 0. The summed E-state index contributed by atoms with van der Waals surface area (Å²) in [6, 6.07) is 6.72. The van der Waals surface area contributed by atoms with Gasteiger partial charge in [0.2, 0.25) is 0 Å². The van der Waals surface area contributed by atoms with Crippen molar-refractivity contribution >= 4 is 15.9 Å². The molecule has 0 amide bonds. The molecule has 1 rings (SSSR count). The van der Waals surface area contributed by atoms with Gasteiger partial charge in [0.1, 0.15) is 0 Å². The van der Waals surface area contributed by atoms with Crippen LogP contribution in [0.4, 0.5) is 0 Å². The van der Waals surface area contributed by atoms with E-state index in [1.165, 1.54) is 29.7 Å². The minimum absolute atomic E-state index is 1.05. The first kappa shape index (κ1) is 13.7. The fourth-order valence-electron chi connectivity index (χ4n) is 1.92. The highest BCUT2D eigenvalue weighted by atomic mass is 79.9. The van der Waals surface area contributed by atoms with Crippen molar-refractivity contribution in [2.45, 2.75) is 33.7 Å². The zero-order chi connectivity index (χ0) is 12.0. The van der Waals surface area contributed by atoms with E-state index in [1.807, 2.05) is 0 Å². The third-order valence-corrected chi connectivity index (χ3v) is 3.19. The summed E-state index contributed by atoms with van der Waals surface area (Å²) in [5.74, 6) is 0. The van der Waals surface area contributed by atoms with E-state index in [0.717, 1.165) is 18.4 Å². The van der Waals surface area contributed by atoms with Gasteiger partial charge in [-0.3, -0.25) is 4.90 Å². The Kier molecular flexibility index (Phi) is 6.07. The lowest BCUT2D eigenvalue weighted by Gasteiger charge is -2.21. The summed E-state index contributed by atoms with van der Waals surface area (Å²) in [4.78, 5) is 2.51. The predicted molar refractivity (Wildman–Crippen MR) is 75.3 cm³/mol. The fourth-order valence-corrected chi connectivity index (χ4v) is 2.42. The summed E-state index contributed by atoms with van der Waals surface area (Å²) in [5, 5.41) is 1.05. The molecule has 1 aromatic carbocycles. The molecular weight excluding hydrogens is 262 g/mol. The van der Waals surface area contributed by atoms with Crippen molar-refractivity contribution in [1.82, 2.24) is 4.90 Å². The lowest BCUT2D eigenvalue weighted by Crippen LogP contribution is -2.26. The van der Waals surface area contributed by atoms with Crippen molar-refractivity contribution < 1.29 is 0 Å². The molecule has 16 heavy (non-hydrogen) atoms. The average Bonchev–Trinajstić information content (AvgIpc) is 2.24. The third-order valence-electron chi connectivity index (χ3n) is 2.84. The molecule has 0 fully saturated rings. The quantitative estimate of drug-likeness (QED) is 0.716. The van der Waals surface area contributed by atoms with E-state index in [9.17, 15) is 0 Å². The molecule has 1 nitrogen and oxygen atoms in total. The molecule has 0 saturated heterocycles. The second-order valence-electron chi connectivity index (χ2n) is 4.40. The summed E-state index contributed by atoms with van der Waals surface area (Å²) in [5.41, 5.74) is 4.23. The topological polar surface area (TPSA) is 3.24 Å². The molecule has 0 atom stereocenters. The average molecular weight is 284 g/mol. The minimum Gasteiger partial charge on any atom is -0.298 e. The van der Waals surface area contributed by atoms with Crippen LogP contribution in [0.1, 0.15) is 30.0 Å². The van der Waals surface area contributed by atoms with Gasteiger partial charge in [0.25, 0.3) is 0 Å². The van der Waals surface area contributed by atoms with E-state index >= 15 is 0 Å². The zero-order valence-electron chi connectivity index (χ0n) is 10.6. The number of hydrogen-bond acceptors (Lipinski definition) is 1. The molecular formula is C14H22BrN. The van der Waals surface area contributed by atoms with Crippen LogP contribution in [0.15, 0.2) is 18.2 Å². The Hall–Kier alpha value is -0.340. The molecule has 0 aliphatic rings. The third kappa shape index (κ3) is 4.26. The summed E-state index contributed by atoms with van der Waals surface area (Å²) >= 11 is 3.52. The van der Waals surface area contributed by atoms with Gasteiger partial charge in [-0.2, -0.15) is 0 Å². The van der Waals surface area contributed by atoms with E-state index in [1.54, 1.807) is 0 Å². The number of alkyl halides is 1. The van der Waals surface area contributed by atoms with Gasteiger partial charge in [-0.1, -0.05) is 46.6 Å². The van der Waals surface area contributed by atoms with Crippen LogP contribution in [0.5, 0.6) is 0 Å². The molecule has 0 aliphatic carbocycles. The van der Waals surface area contributed by atoms with E-state index in [4.69, 9.17) is 0 Å². The SMILES string of the molecule is CCCN(CCBr)Cc1cc(C)ccc1C. The monoisotopic (exact) mass is 283 g/mol. The maximum atomic E-state index is 3.52. The minimum atomic E-state index is 1.05. The number of benzene rings is 1. The highest BCUT2D eigenvalue weighted by Crippen LogP contribution is 2.13. The molecule has 0 aromatic heterocycles. The normalized spacial score (nSPS) is 11.1. The second-order valence-corrected chi connectivity index (χ2v) is 5.19. The lowest BCUT2D eigenvalue weighted by molar-refractivity contribution is 0.283. The van der Waals surface area contributed by atoms with E-state index < -0.39 is 0 Å². The highest BCUT2D eigenvalue weighted by Gasteiger charge is 2.06. The number of aryl methyl sites for hydroxylation is 2. The van der Waals surface area contributed by atoms with Crippen LogP contribution in [0.3, 0.4) is 0 Å². The van der Waals surface area contributed by atoms with Crippen LogP contribution in [0.2, 0.25) is 0 Å². The molecule has 2 heteroatoms. The van der Waals surface area contributed by atoms with Gasteiger partial charge in [0.15, 0.2) is 0 Å². The standard InChI is InChI=1S/C14H22BrN/c1-4-8-16(9-7-15)11-14-10-12(2)5-6-13(14)3/h5-6,10H,4,7-9,11H2,1-3H3. The summed E-state index contributed by atoms with van der Waals surface area (Å²) < 4.78 is 0. The highest BCUT2D eigenvalue weighted by molar-refractivity contribution is 9.09. The van der Waals surface area contributed by atoms with Crippen LogP contribution in [-0.2, 0) is 6.54 Å². The van der Waals surface area contributed by atoms with Gasteiger partial charge in [0.05, 0.1) is 0 Å². The zero-order valence-corrected chi connectivity index (χ0v) is 12.2. The van der Waals surface area contributed by atoms with Crippen molar-refractivity contribution in [3.63, 3.8) is 0 Å². The van der Waals surface area contributed by atoms with Gasteiger partial charge in [-0.15, -0.1) is 0 Å². The van der Waals surface area contributed by atoms with E-state index in [-0.39, 0.29) is 0 Å². The van der Waals surface area contributed by atoms with Crippen LogP contribution in [0.25, 0.3) is 0 Å². The molecule has 0 heterocycles. The van der Waals surface area contributed by atoms with E-state index in [0.29, 0.717) is 0 Å². The van der Waals surface area contributed by atoms with Crippen molar-refractivity contribution in [1.29, 1.82) is 0 Å². The second kappa shape index (κ2) is 7.08. The van der Waals surface area contributed by atoms with Gasteiger partial charge in [0, 0.05) is 18.4 Å². The first-order chi connectivity index (χ1) is 7.67. The Labute approximate surface area is 108 Å². The molecule has 0 spiro atoms. The molecule has 90 valence electrons. The predicted octanol–water partition coefficient (Wildman–Crippen LogP) is 3.91. The lowest BCUT2D eigenvalue weighted by atomic mass is 10.1. The molecule has 0 aliphatic heterocycles. The van der Waals surface area contributed by atoms with Crippen molar-refractivity contribution in [2.24, 2.45) is 0 Å². The van der Waals surface area contributed by atoms with Crippen LogP contribution < -0.4 is 0 Å². The fraction of sp³-hybridized carbons (Fsp3) is 0.571. The Morgan fingerprint density at radius 3 is 2.56 bits per heavy atom. The van der Waals surface area contributed by atoms with Crippen LogP contribution >= 0.6 is 15.9 Å². The van der Waals surface area contributed by atoms with Gasteiger partial charge < -0.3 is 0 Å².